The highest BCUT2D eigenvalue weighted by Crippen LogP contribution is 2.25. The zero-order valence-electron chi connectivity index (χ0n) is 13.3. The van der Waals surface area contributed by atoms with Crippen molar-refractivity contribution in [3.8, 4) is 0 Å². The Morgan fingerprint density at radius 2 is 1.96 bits per heavy atom. The van der Waals surface area contributed by atoms with Gasteiger partial charge in [0.1, 0.15) is 0 Å². The molecule has 0 saturated carbocycles. The highest BCUT2D eigenvalue weighted by atomic mass is 79.9. The molecule has 0 N–H and O–H groups in total. The molecule has 128 valence electrons. The highest BCUT2D eigenvalue weighted by molar-refractivity contribution is 9.10. The second kappa shape index (κ2) is 6.65. The van der Waals surface area contributed by atoms with Crippen molar-refractivity contribution in [1.82, 2.24) is 4.90 Å². The van der Waals surface area contributed by atoms with E-state index in [0.29, 0.717) is 37.6 Å². The predicted octanol–water partition coefficient (Wildman–Crippen LogP) is 3.58. The zero-order valence-corrected chi connectivity index (χ0v) is 15.7. The number of hydrogen-bond donors (Lipinski definition) is 0. The number of carbonyl (C=O) groups excluding carboxylic acids is 1. The van der Waals surface area contributed by atoms with E-state index in [-0.39, 0.29) is 11.3 Å². The molecule has 3 aromatic rings. The molecule has 3 heterocycles. The average molecular weight is 419 g/mol. The molecule has 1 fully saturated rings. The third-order valence-electron chi connectivity index (χ3n) is 4.36. The molecule has 7 heteroatoms. The first-order valence-electron chi connectivity index (χ1n) is 7.92. The molecule has 5 nitrogen and oxygen atoms in total. The van der Waals surface area contributed by atoms with E-state index in [2.05, 4.69) is 20.8 Å². The third kappa shape index (κ3) is 3.09. The summed E-state index contributed by atoms with van der Waals surface area (Å²) in [6, 6.07) is 9.15. The van der Waals surface area contributed by atoms with Gasteiger partial charge in [0, 0.05) is 46.1 Å². The van der Waals surface area contributed by atoms with E-state index in [9.17, 15) is 9.59 Å². The van der Waals surface area contributed by atoms with Crippen LogP contribution in [0, 0.1) is 0 Å². The van der Waals surface area contributed by atoms with Crippen LogP contribution in [0.25, 0.3) is 10.1 Å². The Bertz CT molecular complexity index is 976. The number of rotatable bonds is 2. The second-order valence-corrected chi connectivity index (χ2v) is 7.67. The summed E-state index contributed by atoms with van der Waals surface area (Å²) in [6.45, 7) is 2.40. The number of furan rings is 1. The van der Waals surface area contributed by atoms with E-state index in [1.807, 2.05) is 23.6 Å². The number of hydrogen-bond acceptors (Lipinski definition) is 5. The maximum absolute atomic E-state index is 12.8. The monoisotopic (exact) mass is 418 g/mol. The largest absolute Gasteiger partial charge is 0.459 e. The van der Waals surface area contributed by atoms with E-state index in [0.717, 1.165) is 14.6 Å². The fraction of sp³-hybridized carbons (Fsp3) is 0.222. The summed E-state index contributed by atoms with van der Waals surface area (Å²) in [4.78, 5) is 29.0. The number of amides is 1. The standard InChI is InChI=1S/C18H15BrN2O3S/c19-12-3-4-16-13(10-12)17(22)14(11-25-16)20-5-7-21(8-6-20)18(23)15-2-1-9-24-15/h1-4,9-11H,5-8H2. The van der Waals surface area contributed by atoms with Crippen molar-refractivity contribution in [2.45, 2.75) is 0 Å². The van der Waals surface area contributed by atoms with Gasteiger partial charge in [-0.2, -0.15) is 0 Å². The van der Waals surface area contributed by atoms with Crippen molar-refractivity contribution >= 4 is 48.9 Å². The van der Waals surface area contributed by atoms with Gasteiger partial charge < -0.3 is 14.2 Å². The van der Waals surface area contributed by atoms with Crippen LogP contribution in [0.2, 0.25) is 0 Å². The van der Waals surface area contributed by atoms with Crippen molar-refractivity contribution in [3.63, 3.8) is 0 Å². The fourth-order valence-electron chi connectivity index (χ4n) is 3.02. The Labute approximate surface area is 156 Å². The Morgan fingerprint density at radius 3 is 2.68 bits per heavy atom. The lowest BCUT2D eigenvalue weighted by Crippen LogP contribution is -2.49. The third-order valence-corrected chi connectivity index (χ3v) is 5.80. The molecule has 0 bridgehead atoms. The Kier molecular flexibility index (Phi) is 4.35. The van der Waals surface area contributed by atoms with Crippen LogP contribution in [-0.4, -0.2) is 37.0 Å². The first-order chi connectivity index (χ1) is 12.1. The summed E-state index contributed by atoms with van der Waals surface area (Å²) in [5.41, 5.74) is 0.751. The minimum atomic E-state index is -0.0998. The van der Waals surface area contributed by atoms with E-state index < -0.39 is 0 Å². The van der Waals surface area contributed by atoms with Crippen LogP contribution < -0.4 is 10.3 Å². The number of anilines is 1. The van der Waals surface area contributed by atoms with E-state index in [1.165, 1.54) is 6.26 Å². The Morgan fingerprint density at radius 1 is 1.16 bits per heavy atom. The summed E-state index contributed by atoms with van der Waals surface area (Å²) in [7, 11) is 0. The first kappa shape index (κ1) is 16.4. The van der Waals surface area contributed by atoms with Crippen LogP contribution in [0.4, 0.5) is 5.69 Å². The summed E-state index contributed by atoms with van der Waals surface area (Å²) in [5, 5.41) is 2.65. The smallest absolute Gasteiger partial charge is 0.289 e. The summed E-state index contributed by atoms with van der Waals surface area (Å²) in [6.07, 6.45) is 1.50. The number of piperazine rings is 1. The van der Waals surface area contributed by atoms with Gasteiger partial charge in [0.2, 0.25) is 5.43 Å². The van der Waals surface area contributed by atoms with Crippen LogP contribution in [-0.2, 0) is 0 Å². The van der Waals surface area contributed by atoms with E-state index >= 15 is 0 Å². The minimum absolute atomic E-state index is 0.0425. The lowest BCUT2D eigenvalue weighted by atomic mass is 10.2. The van der Waals surface area contributed by atoms with Gasteiger partial charge in [-0.3, -0.25) is 9.59 Å². The van der Waals surface area contributed by atoms with E-state index in [1.54, 1.807) is 28.4 Å². The van der Waals surface area contributed by atoms with Crippen molar-refractivity contribution in [2.24, 2.45) is 0 Å². The molecule has 0 radical (unpaired) electrons. The fourth-order valence-corrected chi connectivity index (χ4v) is 4.30. The first-order valence-corrected chi connectivity index (χ1v) is 9.59. The van der Waals surface area contributed by atoms with Crippen LogP contribution in [0.15, 0.2) is 55.7 Å². The van der Waals surface area contributed by atoms with Gasteiger partial charge in [0.05, 0.1) is 12.0 Å². The normalized spacial score (nSPS) is 14.9. The van der Waals surface area contributed by atoms with Gasteiger partial charge in [0.25, 0.3) is 5.91 Å². The topological polar surface area (TPSA) is 53.8 Å². The molecule has 1 aliphatic heterocycles. The molecule has 0 aliphatic carbocycles. The molecule has 1 saturated heterocycles. The maximum Gasteiger partial charge on any atom is 0.289 e. The van der Waals surface area contributed by atoms with Gasteiger partial charge >= 0.3 is 0 Å². The number of carbonyl (C=O) groups is 1. The molecule has 2 aromatic heterocycles. The van der Waals surface area contributed by atoms with Crippen LogP contribution in [0.1, 0.15) is 10.6 Å². The summed E-state index contributed by atoms with van der Waals surface area (Å²) < 4.78 is 7.05. The highest BCUT2D eigenvalue weighted by Gasteiger charge is 2.25. The molecule has 0 atom stereocenters. The molecule has 4 rings (SSSR count). The number of halogens is 1. The molecular formula is C18H15BrN2O3S. The SMILES string of the molecule is O=C(c1ccco1)N1CCN(c2csc3ccc(Br)cc3c2=O)CC1. The lowest BCUT2D eigenvalue weighted by Gasteiger charge is -2.35. The molecule has 25 heavy (non-hydrogen) atoms. The van der Waals surface area contributed by atoms with Crippen LogP contribution >= 0.6 is 27.3 Å². The van der Waals surface area contributed by atoms with Gasteiger partial charge in [-0.05, 0) is 30.3 Å². The van der Waals surface area contributed by atoms with E-state index in [4.69, 9.17) is 4.42 Å². The Balaban J connectivity index is 1.55. The average Bonchev–Trinajstić information content (AvgIpc) is 3.17. The molecular weight excluding hydrogens is 404 g/mol. The van der Waals surface area contributed by atoms with Crippen molar-refractivity contribution in [3.05, 3.63) is 62.4 Å². The number of nitrogens with zero attached hydrogens (tertiary/aromatic N) is 2. The molecule has 0 unspecified atom stereocenters. The lowest BCUT2D eigenvalue weighted by molar-refractivity contribution is 0.0714. The summed E-state index contributed by atoms with van der Waals surface area (Å²) in [5.74, 6) is 0.257. The molecule has 1 aliphatic rings. The van der Waals surface area contributed by atoms with Crippen LogP contribution in [0.3, 0.4) is 0 Å². The Hall–Kier alpha value is -2.12. The maximum atomic E-state index is 12.8. The molecule has 0 spiro atoms. The number of fused-ring (bicyclic) bond motifs is 1. The van der Waals surface area contributed by atoms with Crippen molar-refractivity contribution < 1.29 is 9.21 Å². The van der Waals surface area contributed by atoms with Gasteiger partial charge in [-0.1, -0.05) is 15.9 Å². The zero-order chi connectivity index (χ0) is 17.4. The van der Waals surface area contributed by atoms with Crippen LogP contribution in [0.5, 0.6) is 0 Å². The van der Waals surface area contributed by atoms with Gasteiger partial charge in [-0.15, -0.1) is 11.3 Å². The molecule has 1 aromatic carbocycles. The molecule has 1 amide bonds. The quantitative estimate of drug-likeness (QED) is 0.637. The summed E-state index contributed by atoms with van der Waals surface area (Å²) >= 11 is 5.00. The minimum Gasteiger partial charge on any atom is -0.459 e. The second-order valence-electron chi connectivity index (χ2n) is 5.85. The van der Waals surface area contributed by atoms with Gasteiger partial charge in [-0.25, -0.2) is 0 Å². The number of benzene rings is 1. The van der Waals surface area contributed by atoms with Crippen molar-refractivity contribution in [2.75, 3.05) is 31.1 Å². The predicted molar refractivity (Wildman–Crippen MR) is 103 cm³/mol. The van der Waals surface area contributed by atoms with Crippen molar-refractivity contribution in [1.29, 1.82) is 0 Å². The van der Waals surface area contributed by atoms with Gasteiger partial charge in [0.15, 0.2) is 5.76 Å².